The van der Waals surface area contributed by atoms with Crippen molar-refractivity contribution < 1.29 is 19.4 Å². The smallest absolute Gasteiger partial charge is 0.328 e. The number of ether oxygens (including phenoxy) is 2. The normalized spacial score (nSPS) is 12.5. The molecule has 0 aliphatic rings. The van der Waals surface area contributed by atoms with Gasteiger partial charge >= 0.3 is 5.97 Å². The van der Waals surface area contributed by atoms with E-state index >= 15 is 0 Å². The fourth-order valence-corrected chi connectivity index (χ4v) is 1.74. The third-order valence-electron chi connectivity index (χ3n) is 2.75. The third-order valence-corrected chi connectivity index (χ3v) is 2.75. The van der Waals surface area contributed by atoms with Gasteiger partial charge < -0.3 is 14.6 Å². The summed E-state index contributed by atoms with van der Waals surface area (Å²) >= 11 is 0. The molecule has 0 aliphatic carbocycles. The van der Waals surface area contributed by atoms with E-state index < -0.39 is 5.97 Å². The molecule has 0 spiro atoms. The molecule has 1 rings (SSSR count). The minimum absolute atomic E-state index is 0.270. The van der Waals surface area contributed by atoms with Crippen molar-refractivity contribution in [1.82, 2.24) is 0 Å². The first-order valence-corrected chi connectivity index (χ1v) is 6.87. The highest BCUT2D eigenvalue weighted by Gasteiger charge is 2.00. The summed E-state index contributed by atoms with van der Waals surface area (Å²) in [5.41, 5.74) is 0.826. The number of benzene rings is 1. The average Bonchev–Trinajstić information content (AvgIpc) is 2.43. The molecule has 0 amide bonds. The second-order valence-corrected chi connectivity index (χ2v) is 4.56. The molecule has 1 unspecified atom stereocenters. The molecule has 1 aromatic rings. The predicted molar refractivity (Wildman–Crippen MR) is 78.9 cm³/mol. The topological polar surface area (TPSA) is 55.8 Å². The first-order valence-electron chi connectivity index (χ1n) is 6.87. The zero-order valence-electron chi connectivity index (χ0n) is 12.0. The van der Waals surface area contributed by atoms with Gasteiger partial charge in [-0.05, 0) is 37.1 Å². The molecule has 0 saturated carbocycles. The Morgan fingerprint density at radius 3 is 2.60 bits per heavy atom. The molecule has 0 heterocycles. The van der Waals surface area contributed by atoms with Crippen LogP contribution in [0, 0.1) is 0 Å². The van der Waals surface area contributed by atoms with Crippen LogP contribution in [0.25, 0.3) is 6.08 Å². The first-order chi connectivity index (χ1) is 9.61. The Balaban J connectivity index is 2.29. The lowest BCUT2D eigenvalue weighted by molar-refractivity contribution is -0.131. The van der Waals surface area contributed by atoms with Gasteiger partial charge in [-0.1, -0.05) is 25.5 Å². The van der Waals surface area contributed by atoms with Gasteiger partial charge in [0.25, 0.3) is 0 Å². The second kappa shape index (κ2) is 9.15. The van der Waals surface area contributed by atoms with Crippen LogP contribution in [-0.4, -0.2) is 30.4 Å². The van der Waals surface area contributed by atoms with E-state index in [0.717, 1.165) is 30.2 Å². The molecule has 1 atom stereocenters. The summed E-state index contributed by atoms with van der Waals surface area (Å²) in [5.74, 6) is -0.201. The summed E-state index contributed by atoms with van der Waals surface area (Å²) in [6.45, 7) is 5.28. The van der Waals surface area contributed by atoms with Gasteiger partial charge in [0.15, 0.2) is 0 Å². The van der Waals surface area contributed by atoms with Crippen molar-refractivity contribution in [3.63, 3.8) is 0 Å². The second-order valence-electron chi connectivity index (χ2n) is 4.56. The molecule has 0 radical (unpaired) electrons. The van der Waals surface area contributed by atoms with Crippen LogP contribution in [0.15, 0.2) is 30.3 Å². The van der Waals surface area contributed by atoms with E-state index in [0.29, 0.717) is 13.2 Å². The number of rotatable bonds is 9. The van der Waals surface area contributed by atoms with Gasteiger partial charge in [0.05, 0.1) is 12.7 Å². The largest absolute Gasteiger partial charge is 0.491 e. The van der Waals surface area contributed by atoms with E-state index in [4.69, 9.17) is 14.6 Å². The van der Waals surface area contributed by atoms with Gasteiger partial charge in [0.1, 0.15) is 12.4 Å². The molecule has 0 fully saturated rings. The molecular formula is C16H22O4. The van der Waals surface area contributed by atoms with Crippen LogP contribution in [0.4, 0.5) is 0 Å². The fourth-order valence-electron chi connectivity index (χ4n) is 1.74. The molecule has 0 saturated heterocycles. The van der Waals surface area contributed by atoms with Crippen molar-refractivity contribution in [2.45, 2.75) is 32.8 Å². The van der Waals surface area contributed by atoms with Gasteiger partial charge in [-0.15, -0.1) is 0 Å². The molecule has 110 valence electrons. The highest BCUT2D eigenvalue weighted by atomic mass is 16.5. The van der Waals surface area contributed by atoms with Crippen molar-refractivity contribution in [2.75, 3.05) is 13.2 Å². The number of carbonyl (C=O) groups is 1. The Morgan fingerprint density at radius 1 is 1.30 bits per heavy atom. The van der Waals surface area contributed by atoms with Crippen LogP contribution in [0.1, 0.15) is 32.3 Å². The van der Waals surface area contributed by atoms with E-state index in [1.54, 1.807) is 6.08 Å². The van der Waals surface area contributed by atoms with Gasteiger partial charge in [-0.3, -0.25) is 0 Å². The molecule has 1 aromatic carbocycles. The summed E-state index contributed by atoms with van der Waals surface area (Å²) in [5, 5.41) is 8.53. The predicted octanol–water partition coefficient (Wildman–Crippen LogP) is 3.37. The molecule has 0 aliphatic heterocycles. The molecule has 0 bridgehead atoms. The Hall–Kier alpha value is -1.81. The molecule has 20 heavy (non-hydrogen) atoms. The Labute approximate surface area is 120 Å². The highest BCUT2D eigenvalue weighted by Crippen LogP contribution is 2.13. The average molecular weight is 278 g/mol. The summed E-state index contributed by atoms with van der Waals surface area (Å²) in [4.78, 5) is 10.4. The van der Waals surface area contributed by atoms with Crippen LogP contribution in [0.2, 0.25) is 0 Å². The van der Waals surface area contributed by atoms with E-state index in [1.807, 2.05) is 24.3 Å². The van der Waals surface area contributed by atoms with Crippen molar-refractivity contribution in [1.29, 1.82) is 0 Å². The fraction of sp³-hybridized carbons (Fsp3) is 0.438. The molecule has 4 heteroatoms. The standard InChI is InChI=1S/C16H22O4/c1-3-4-13(2)19-11-12-20-15-8-5-14(6-9-15)7-10-16(17)18/h5-10,13H,3-4,11-12H2,1-2H3,(H,17,18)/b10-7+. The molecule has 0 aromatic heterocycles. The number of aliphatic carboxylic acids is 1. The van der Waals surface area contributed by atoms with Gasteiger partial charge in [-0.25, -0.2) is 4.79 Å². The third kappa shape index (κ3) is 6.95. The van der Waals surface area contributed by atoms with Crippen LogP contribution < -0.4 is 4.74 Å². The number of hydrogen-bond acceptors (Lipinski definition) is 3. The van der Waals surface area contributed by atoms with Crippen molar-refractivity contribution in [3.8, 4) is 5.75 Å². The maximum Gasteiger partial charge on any atom is 0.328 e. The Kier molecular flexibility index (Phi) is 7.43. The lowest BCUT2D eigenvalue weighted by atomic mass is 10.2. The highest BCUT2D eigenvalue weighted by molar-refractivity contribution is 5.85. The summed E-state index contributed by atoms with van der Waals surface area (Å²) in [6, 6.07) is 7.26. The van der Waals surface area contributed by atoms with Gasteiger partial charge in [0, 0.05) is 6.08 Å². The monoisotopic (exact) mass is 278 g/mol. The first kappa shape index (κ1) is 16.2. The Bertz CT molecular complexity index is 423. The lowest BCUT2D eigenvalue weighted by Crippen LogP contribution is -2.13. The minimum Gasteiger partial charge on any atom is -0.491 e. The summed E-state index contributed by atoms with van der Waals surface area (Å²) in [6.07, 6.45) is 5.10. The molecular weight excluding hydrogens is 256 g/mol. The Morgan fingerprint density at radius 2 is 2.00 bits per heavy atom. The summed E-state index contributed by atoms with van der Waals surface area (Å²) in [7, 11) is 0. The van der Waals surface area contributed by atoms with Gasteiger partial charge in [-0.2, -0.15) is 0 Å². The van der Waals surface area contributed by atoms with Crippen molar-refractivity contribution >= 4 is 12.0 Å². The molecule has 4 nitrogen and oxygen atoms in total. The minimum atomic E-state index is -0.955. The maximum absolute atomic E-state index is 10.4. The van der Waals surface area contributed by atoms with E-state index in [2.05, 4.69) is 13.8 Å². The lowest BCUT2D eigenvalue weighted by Gasteiger charge is -2.12. The number of carboxylic acids is 1. The van der Waals surface area contributed by atoms with E-state index in [1.165, 1.54) is 0 Å². The maximum atomic E-state index is 10.4. The van der Waals surface area contributed by atoms with Gasteiger partial charge in [0.2, 0.25) is 0 Å². The van der Waals surface area contributed by atoms with E-state index in [-0.39, 0.29) is 6.10 Å². The molecule has 1 N–H and O–H groups in total. The SMILES string of the molecule is CCCC(C)OCCOc1ccc(/C=C/C(=O)O)cc1. The van der Waals surface area contributed by atoms with Crippen LogP contribution in [-0.2, 0) is 9.53 Å². The van der Waals surface area contributed by atoms with Crippen LogP contribution in [0.5, 0.6) is 5.75 Å². The van der Waals surface area contributed by atoms with Crippen LogP contribution in [0.3, 0.4) is 0 Å². The zero-order valence-corrected chi connectivity index (χ0v) is 12.0. The summed E-state index contributed by atoms with van der Waals surface area (Å²) < 4.78 is 11.1. The number of carboxylic acid groups (broad SMARTS) is 1. The zero-order chi connectivity index (χ0) is 14.8. The van der Waals surface area contributed by atoms with E-state index in [9.17, 15) is 4.79 Å². The van der Waals surface area contributed by atoms with Crippen molar-refractivity contribution in [3.05, 3.63) is 35.9 Å². The van der Waals surface area contributed by atoms with Crippen LogP contribution >= 0.6 is 0 Å². The number of hydrogen-bond donors (Lipinski definition) is 1. The van der Waals surface area contributed by atoms with Crippen molar-refractivity contribution in [2.24, 2.45) is 0 Å². The quantitative estimate of drug-likeness (QED) is 0.556.